The van der Waals surface area contributed by atoms with E-state index >= 15 is 0 Å². The molecule has 0 aliphatic rings. The molecule has 29 heavy (non-hydrogen) atoms. The molecule has 0 spiro atoms. The molecular weight excluding hydrogens is 379 g/mol. The summed E-state index contributed by atoms with van der Waals surface area (Å²) in [6.07, 6.45) is 2.34. The fourth-order valence-electron chi connectivity index (χ4n) is 2.77. The number of urea groups is 1. The summed E-state index contributed by atoms with van der Waals surface area (Å²) < 4.78 is 19.0. The van der Waals surface area contributed by atoms with Crippen molar-refractivity contribution in [2.75, 3.05) is 11.9 Å². The van der Waals surface area contributed by atoms with E-state index in [1.54, 1.807) is 29.7 Å². The number of halogens is 1. The van der Waals surface area contributed by atoms with Crippen LogP contribution in [0.25, 0.3) is 22.6 Å². The molecule has 1 aromatic heterocycles. The zero-order chi connectivity index (χ0) is 20.6. The van der Waals surface area contributed by atoms with Crippen molar-refractivity contribution in [1.82, 2.24) is 15.8 Å². The van der Waals surface area contributed by atoms with Crippen LogP contribution in [0, 0.1) is 5.82 Å². The van der Waals surface area contributed by atoms with E-state index in [-0.39, 0.29) is 18.3 Å². The Bertz CT molecular complexity index is 1010. The van der Waals surface area contributed by atoms with Gasteiger partial charge < -0.3 is 15.1 Å². The number of oxazole rings is 1. The highest BCUT2D eigenvalue weighted by atomic mass is 19.1. The lowest BCUT2D eigenvalue weighted by Gasteiger charge is -2.08. The first-order valence-electron chi connectivity index (χ1n) is 9.19. The first kappa shape index (κ1) is 20.3. The van der Waals surface area contributed by atoms with Gasteiger partial charge in [-0.05, 0) is 43.2 Å². The van der Waals surface area contributed by atoms with Crippen LogP contribution in [-0.2, 0) is 4.79 Å². The van der Waals surface area contributed by atoms with E-state index in [4.69, 9.17) is 9.62 Å². The van der Waals surface area contributed by atoms with Crippen molar-refractivity contribution in [2.24, 2.45) is 0 Å². The molecule has 3 aromatic rings. The van der Waals surface area contributed by atoms with Crippen molar-refractivity contribution >= 4 is 28.7 Å². The van der Waals surface area contributed by atoms with Crippen LogP contribution in [0.1, 0.15) is 25.7 Å². The smallest absolute Gasteiger partial charge is 0.319 e. The molecule has 0 saturated carbocycles. The third-order valence-electron chi connectivity index (χ3n) is 4.21. The molecule has 0 radical (unpaired) electrons. The van der Waals surface area contributed by atoms with E-state index in [2.05, 4.69) is 15.6 Å². The number of amides is 3. The van der Waals surface area contributed by atoms with Gasteiger partial charge in [0.15, 0.2) is 5.58 Å². The first-order valence-corrected chi connectivity index (χ1v) is 9.19. The Hall–Kier alpha value is -3.46. The topological polar surface area (TPSA) is 116 Å². The second kappa shape index (κ2) is 9.65. The molecule has 4 N–H and O–H groups in total. The Balaban J connectivity index is 1.51. The summed E-state index contributed by atoms with van der Waals surface area (Å²) in [5.41, 5.74) is 3.70. The van der Waals surface area contributed by atoms with E-state index in [1.165, 1.54) is 18.2 Å². The monoisotopic (exact) mass is 400 g/mol. The molecule has 0 aliphatic heterocycles. The van der Waals surface area contributed by atoms with E-state index in [0.29, 0.717) is 47.6 Å². The lowest BCUT2D eigenvalue weighted by Crippen LogP contribution is -2.29. The Morgan fingerprint density at radius 3 is 2.79 bits per heavy atom. The van der Waals surface area contributed by atoms with Crippen LogP contribution < -0.4 is 16.1 Å². The molecule has 8 nitrogen and oxygen atoms in total. The number of unbranched alkanes of at least 4 members (excludes halogenated alkanes) is 2. The van der Waals surface area contributed by atoms with Crippen molar-refractivity contribution in [3.8, 4) is 11.5 Å². The van der Waals surface area contributed by atoms with E-state index in [1.807, 2.05) is 0 Å². The van der Waals surface area contributed by atoms with E-state index in [0.717, 1.165) is 6.42 Å². The van der Waals surface area contributed by atoms with Gasteiger partial charge in [-0.3, -0.25) is 10.0 Å². The highest BCUT2D eigenvalue weighted by Gasteiger charge is 2.10. The molecule has 0 aliphatic carbocycles. The maximum atomic E-state index is 13.3. The molecule has 1 heterocycles. The van der Waals surface area contributed by atoms with E-state index in [9.17, 15) is 14.0 Å². The molecule has 0 atom stereocenters. The quantitative estimate of drug-likeness (QED) is 0.261. The molecule has 0 saturated heterocycles. The molecule has 3 rings (SSSR count). The summed E-state index contributed by atoms with van der Waals surface area (Å²) in [4.78, 5) is 27.2. The maximum absolute atomic E-state index is 13.3. The van der Waals surface area contributed by atoms with Crippen LogP contribution in [0.4, 0.5) is 14.9 Å². The number of hydrogen-bond acceptors (Lipinski definition) is 5. The summed E-state index contributed by atoms with van der Waals surface area (Å²) in [6, 6.07) is 10.8. The molecule has 9 heteroatoms. The van der Waals surface area contributed by atoms with Crippen molar-refractivity contribution in [3.05, 3.63) is 48.3 Å². The summed E-state index contributed by atoms with van der Waals surface area (Å²) in [7, 11) is 0. The van der Waals surface area contributed by atoms with Gasteiger partial charge in [0.25, 0.3) is 0 Å². The number of aromatic nitrogens is 1. The second-order valence-corrected chi connectivity index (χ2v) is 6.44. The predicted molar refractivity (Wildman–Crippen MR) is 105 cm³/mol. The summed E-state index contributed by atoms with van der Waals surface area (Å²) in [6.45, 7) is 0.461. The summed E-state index contributed by atoms with van der Waals surface area (Å²) in [5.74, 6) is -0.470. The molecule has 0 unspecified atom stereocenters. The molecule has 0 fully saturated rings. The molecule has 0 bridgehead atoms. The van der Waals surface area contributed by atoms with Crippen molar-refractivity contribution in [3.63, 3.8) is 0 Å². The van der Waals surface area contributed by atoms with Crippen molar-refractivity contribution in [1.29, 1.82) is 0 Å². The van der Waals surface area contributed by atoms with Gasteiger partial charge in [-0.1, -0.05) is 12.5 Å². The summed E-state index contributed by atoms with van der Waals surface area (Å²) in [5, 5.41) is 13.9. The number of carbonyl (C=O) groups is 2. The van der Waals surface area contributed by atoms with Gasteiger partial charge in [0, 0.05) is 30.3 Å². The largest absolute Gasteiger partial charge is 0.436 e. The number of hydroxylamine groups is 1. The van der Waals surface area contributed by atoms with Gasteiger partial charge >= 0.3 is 6.03 Å². The molecule has 3 amide bonds. The zero-order valence-electron chi connectivity index (χ0n) is 15.6. The van der Waals surface area contributed by atoms with E-state index < -0.39 is 5.91 Å². The Morgan fingerprint density at radius 2 is 1.97 bits per heavy atom. The van der Waals surface area contributed by atoms with Crippen LogP contribution in [0.15, 0.2) is 46.9 Å². The highest BCUT2D eigenvalue weighted by molar-refractivity contribution is 5.90. The highest BCUT2D eigenvalue weighted by Crippen LogP contribution is 2.26. The number of nitrogens with zero attached hydrogens (tertiary/aromatic N) is 1. The van der Waals surface area contributed by atoms with Crippen LogP contribution in [0.2, 0.25) is 0 Å². The first-order chi connectivity index (χ1) is 14.0. The van der Waals surface area contributed by atoms with Crippen molar-refractivity contribution < 1.29 is 23.6 Å². The molecule has 2 aromatic carbocycles. The zero-order valence-corrected chi connectivity index (χ0v) is 15.6. The summed E-state index contributed by atoms with van der Waals surface area (Å²) >= 11 is 0. The number of rotatable bonds is 8. The van der Waals surface area contributed by atoms with Gasteiger partial charge in [0.05, 0.1) is 0 Å². The van der Waals surface area contributed by atoms with Crippen LogP contribution in [0.5, 0.6) is 0 Å². The van der Waals surface area contributed by atoms with Crippen LogP contribution in [0.3, 0.4) is 0 Å². The fourth-order valence-corrected chi connectivity index (χ4v) is 2.77. The van der Waals surface area contributed by atoms with Gasteiger partial charge in [0.2, 0.25) is 11.8 Å². The molecular formula is C20H21FN4O4. The number of benzene rings is 2. The minimum absolute atomic E-state index is 0.248. The van der Waals surface area contributed by atoms with Gasteiger partial charge in [-0.15, -0.1) is 0 Å². The van der Waals surface area contributed by atoms with Gasteiger partial charge in [-0.25, -0.2) is 19.6 Å². The minimum Gasteiger partial charge on any atom is -0.436 e. The third kappa shape index (κ3) is 5.76. The standard InChI is InChI=1S/C20H21FN4O4/c21-14-8-9-17-16(12-14)24-19(29-17)13-5-4-6-15(11-13)23-20(27)22-10-3-1-2-7-18(26)25-28/h4-6,8-9,11-12,28H,1-3,7,10H2,(H,25,26)(H2,22,23,27). The minimum atomic E-state index is -0.417. The predicted octanol–water partition coefficient (Wildman–Crippen LogP) is 3.82. The normalized spacial score (nSPS) is 10.7. The van der Waals surface area contributed by atoms with Crippen LogP contribution >= 0.6 is 0 Å². The van der Waals surface area contributed by atoms with Crippen LogP contribution in [-0.4, -0.2) is 28.7 Å². The Morgan fingerprint density at radius 1 is 1.10 bits per heavy atom. The number of fused-ring (bicyclic) bond motifs is 1. The number of hydrogen-bond donors (Lipinski definition) is 4. The number of carbonyl (C=O) groups excluding carboxylic acids is 2. The number of nitrogens with one attached hydrogen (secondary N) is 3. The average molecular weight is 400 g/mol. The fraction of sp³-hybridized carbons (Fsp3) is 0.250. The lowest BCUT2D eigenvalue weighted by atomic mass is 10.2. The van der Waals surface area contributed by atoms with Crippen molar-refractivity contribution in [2.45, 2.75) is 25.7 Å². The lowest BCUT2D eigenvalue weighted by molar-refractivity contribution is -0.129. The molecule has 152 valence electrons. The van der Waals surface area contributed by atoms with Gasteiger partial charge in [0.1, 0.15) is 11.3 Å². The number of anilines is 1. The average Bonchev–Trinajstić information content (AvgIpc) is 3.13. The SMILES string of the molecule is O=C(CCCCCNC(=O)Nc1cccc(-c2nc3cc(F)ccc3o2)c1)NO. The Kier molecular flexibility index (Phi) is 6.75. The third-order valence-corrected chi connectivity index (χ3v) is 4.21. The Labute approximate surface area is 166 Å². The van der Waals surface area contributed by atoms with Gasteiger partial charge in [-0.2, -0.15) is 0 Å². The maximum Gasteiger partial charge on any atom is 0.319 e. The second-order valence-electron chi connectivity index (χ2n) is 6.44.